The van der Waals surface area contributed by atoms with Gasteiger partial charge in [-0.2, -0.15) is 9.40 Å². The van der Waals surface area contributed by atoms with Crippen LogP contribution in [0.2, 0.25) is 0 Å². The van der Waals surface area contributed by atoms with Crippen molar-refractivity contribution in [3.63, 3.8) is 0 Å². The summed E-state index contributed by atoms with van der Waals surface area (Å²) in [6.07, 6.45) is 2.27. The third-order valence-corrected chi connectivity index (χ3v) is 8.99. The van der Waals surface area contributed by atoms with Gasteiger partial charge in [0, 0.05) is 26.2 Å². The van der Waals surface area contributed by atoms with Crippen molar-refractivity contribution < 1.29 is 13.2 Å². The molecular weight excluding hydrogens is 528 g/mol. The lowest BCUT2D eigenvalue weighted by Crippen LogP contribution is -2.47. The lowest BCUT2D eigenvalue weighted by Gasteiger charge is -2.31. The highest BCUT2D eigenvalue weighted by Crippen LogP contribution is 2.32. The lowest BCUT2D eigenvalue weighted by atomic mass is 10.1. The summed E-state index contributed by atoms with van der Waals surface area (Å²) in [5.41, 5.74) is 2.77. The second kappa shape index (κ2) is 11.9. The summed E-state index contributed by atoms with van der Waals surface area (Å²) in [7, 11) is -1.76. The number of ether oxygens (including phenoxy) is 1. The number of benzene rings is 2. The minimum Gasteiger partial charge on any atom is -0.493 e. The summed E-state index contributed by atoms with van der Waals surface area (Å²) < 4.78 is 36.3. The van der Waals surface area contributed by atoms with Crippen LogP contribution < -0.4 is 10.3 Å². The van der Waals surface area contributed by atoms with E-state index in [1.807, 2.05) is 44.3 Å². The zero-order chi connectivity index (χ0) is 28.3. The summed E-state index contributed by atoms with van der Waals surface area (Å²) in [4.78, 5) is 23.6. The molecule has 1 N–H and O–H groups in total. The molecule has 10 nitrogen and oxygen atoms in total. The molecule has 0 bridgehead atoms. The Kier molecular flexibility index (Phi) is 8.34. The molecule has 2 aromatic carbocycles. The monoisotopic (exact) mass is 564 g/mol. The van der Waals surface area contributed by atoms with Gasteiger partial charge in [0.15, 0.2) is 5.52 Å². The third kappa shape index (κ3) is 5.67. The Labute approximate surface area is 234 Å². The molecule has 0 spiro atoms. The standard InChI is InChI=1S/C29H36N6O4S/c1-4-9-24-26-27(35(32-24)20-21-10-7-6-8-11-21)29(36)31-28(30-26)23-19-22(12-13-25(23)39-18-5-2)40(37,38)34-16-14-33(3)15-17-34/h6-8,10-13,19H,4-5,9,14-18,20H2,1-3H3,(H,30,31,36). The molecule has 0 aliphatic carbocycles. The van der Waals surface area contributed by atoms with Crippen molar-refractivity contribution in [2.24, 2.45) is 0 Å². The first-order chi connectivity index (χ1) is 19.3. The first kappa shape index (κ1) is 28.0. The molecule has 0 amide bonds. The molecule has 4 aromatic rings. The molecule has 1 aliphatic rings. The lowest BCUT2D eigenvalue weighted by molar-refractivity contribution is 0.222. The predicted octanol–water partition coefficient (Wildman–Crippen LogP) is 3.51. The van der Waals surface area contributed by atoms with Gasteiger partial charge in [-0.1, -0.05) is 50.6 Å². The maximum atomic E-state index is 13.6. The molecule has 1 saturated heterocycles. The molecular formula is C29H36N6O4S. The molecule has 3 heterocycles. The maximum Gasteiger partial charge on any atom is 0.277 e. The highest BCUT2D eigenvalue weighted by molar-refractivity contribution is 7.89. The SMILES string of the molecule is CCCOc1ccc(S(=O)(=O)N2CCN(C)CC2)cc1-c1nc2c(CCC)nn(Cc3ccccc3)c2c(=O)[nH]1. The van der Waals surface area contributed by atoms with Crippen molar-refractivity contribution in [3.05, 3.63) is 70.1 Å². The Balaban J connectivity index is 1.62. The molecule has 0 atom stereocenters. The molecule has 1 aliphatic heterocycles. The van der Waals surface area contributed by atoms with Gasteiger partial charge in [-0.3, -0.25) is 9.48 Å². The minimum absolute atomic E-state index is 0.146. The van der Waals surface area contributed by atoms with E-state index in [4.69, 9.17) is 14.8 Å². The van der Waals surface area contributed by atoms with Crippen LogP contribution in [0.3, 0.4) is 0 Å². The van der Waals surface area contributed by atoms with Crippen molar-refractivity contribution >= 4 is 21.1 Å². The van der Waals surface area contributed by atoms with Crippen molar-refractivity contribution in [2.45, 2.75) is 44.6 Å². The van der Waals surface area contributed by atoms with E-state index in [-0.39, 0.29) is 16.3 Å². The number of aromatic nitrogens is 4. The number of H-pyrrole nitrogens is 1. The van der Waals surface area contributed by atoms with Gasteiger partial charge in [-0.15, -0.1) is 0 Å². The number of aryl methyl sites for hydroxylation is 1. The molecule has 0 saturated carbocycles. The van der Waals surface area contributed by atoms with E-state index in [1.165, 1.54) is 4.31 Å². The van der Waals surface area contributed by atoms with Crippen LogP contribution in [-0.2, 0) is 23.0 Å². The fourth-order valence-corrected chi connectivity index (χ4v) is 6.37. The molecule has 0 radical (unpaired) electrons. The third-order valence-electron chi connectivity index (χ3n) is 7.10. The average molecular weight is 565 g/mol. The van der Waals surface area contributed by atoms with Crippen LogP contribution >= 0.6 is 0 Å². The van der Waals surface area contributed by atoms with Crippen LogP contribution in [0.4, 0.5) is 0 Å². The number of fused-ring (bicyclic) bond motifs is 1. The van der Waals surface area contributed by atoms with Gasteiger partial charge in [0.1, 0.15) is 17.1 Å². The highest BCUT2D eigenvalue weighted by atomic mass is 32.2. The second-order valence-corrected chi connectivity index (χ2v) is 12.1. The number of likely N-dealkylation sites (N-methyl/N-ethyl adjacent to an activating group) is 1. The molecule has 212 valence electrons. The van der Waals surface area contributed by atoms with Crippen LogP contribution in [0.25, 0.3) is 22.4 Å². The fraction of sp³-hybridized carbons (Fsp3) is 0.414. The fourth-order valence-electron chi connectivity index (χ4n) is 4.92. The average Bonchev–Trinajstić information content (AvgIpc) is 3.29. The topological polar surface area (TPSA) is 113 Å². The number of aromatic amines is 1. The van der Waals surface area contributed by atoms with Gasteiger partial charge >= 0.3 is 0 Å². The van der Waals surface area contributed by atoms with Gasteiger partial charge in [-0.05, 0) is 43.7 Å². The smallest absolute Gasteiger partial charge is 0.277 e. The Hall–Kier alpha value is -3.54. The van der Waals surface area contributed by atoms with Crippen LogP contribution in [0, 0.1) is 0 Å². The molecule has 0 unspecified atom stereocenters. The summed E-state index contributed by atoms with van der Waals surface area (Å²) in [5, 5.41) is 4.76. The van der Waals surface area contributed by atoms with Gasteiger partial charge in [-0.25, -0.2) is 13.4 Å². The number of nitrogens with one attached hydrogen (secondary N) is 1. The Morgan fingerprint density at radius 3 is 2.45 bits per heavy atom. The highest BCUT2D eigenvalue weighted by Gasteiger charge is 2.29. The number of nitrogens with zero attached hydrogens (tertiary/aromatic N) is 5. The molecule has 11 heteroatoms. The van der Waals surface area contributed by atoms with Crippen LogP contribution in [0.1, 0.15) is 37.9 Å². The first-order valence-electron chi connectivity index (χ1n) is 13.8. The second-order valence-electron chi connectivity index (χ2n) is 10.2. The van der Waals surface area contributed by atoms with Crippen LogP contribution in [-0.4, -0.2) is 77.2 Å². The number of hydrogen-bond acceptors (Lipinski definition) is 7. The zero-order valence-electron chi connectivity index (χ0n) is 23.3. The summed E-state index contributed by atoms with van der Waals surface area (Å²) in [6.45, 7) is 7.12. The largest absolute Gasteiger partial charge is 0.493 e. The van der Waals surface area contributed by atoms with E-state index in [2.05, 4.69) is 16.8 Å². The van der Waals surface area contributed by atoms with E-state index in [0.717, 1.165) is 24.1 Å². The predicted molar refractivity (Wildman–Crippen MR) is 155 cm³/mol. The van der Waals surface area contributed by atoms with Gasteiger partial charge in [0.05, 0.1) is 29.3 Å². The number of sulfonamides is 1. The summed E-state index contributed by atoms with van der Waals surface area (Å²) >= 11 is 0. The van der Waals surface area contributed by atoms with Gasteiger partial charge in [0.2, 0.25) is 10.0 Å². The van der Waals surface area contributed by atoms with Gasteiger partial charge in [0.25, 0.3) is 5.56 Å². The Bertz CT molecular complexity index is 1640. The molecule has 40 heavy (non-hydrogen) atoms. The summed E-state index contributed by atoms with van der Waals surface area (Å²) in [6, 6.07) is 14.6. The van der Waals surface area contributed by atoms with Crippen LogP contribution in [0.5, 0.6) is 5.75 Å². The first-order valence-corrected chi connectivity index (χ1v) is 15.2. The van der Waals surface area contributed by atoms with Crippen molar-refractivity contribution in [3.8, 4) is 17.1 Å². The quantitative estimate of drug-likeness (QED) is 0.314. The maximum absolute atomic E-state index is 13.6. The Morgan fingerprint density at radius 1 is 1.00 bits per heavy atom. The van der Waals surface area contributed by atoms with E-state index >= 15 is 0 Å². The van der Waals surface area contributed by atoms with Crippen molar-refractivity contribution in [1.29, 1.82) is 0 Å². The number of piperazine rings is 1. The summed E-state index contributed by atoms with van der Waals surface area (Å²) in [5.74, 6) is 0.728. The molecule has 2 aromatic heterocycles. The van der Waals surface area contributed by atoms with E-state index in [9.17, 15) is 13.2 Å². The van der Waals surface area contributed by atoms with E-state index < -0.39 is 10.0 Å². The van der Waals surface area contributed by atoms with Crippen molar-refractivity contribution in [2.75, 3.05) is 39.8 Å². The van der Waals surface area contributed by atoms with Crippen molar-refractivity contribution in [1.82, 2.24) is 29.0 Å². The minimum atomic E-state index is -3.74. The zero-order valence-corrected chi connectivity index (χ0v) is 24.1. The Morgan fingerprint density at radius 2 is 1.75 bits per heavy atom. The molecule has 1 fully saturated rings. The number of rotatable bonds is 10. The molecule has 5 rings (SSSR count). The van der Waals surface area contributed by atoms with Crippen LogP contribution in [0.15, 0.2) is 58.2 Å². The number of hydrogen-bond donors (Lipinski definition) is 1. The van der Waals surface area contributed by atoms with E-state index in [0.29, 0.717) is 68.1 Å². The normalized spacial score (nSPS) is 15.1. The van der Waals surface area contributed by atoms with E-state index in [1.54, 1.807) is 22.9 Å². The van der Waals surface area contributed by atoms with Gasteiger partial charge < -0.3 is 14.6 Å².